The number of carbonyl (C=O) groups excluding carboxylic acids is 1. The van der Waals surface area contributed by atoms with Gasteiger partial charge < -0.3 is 15.7 Å². The maximum atomic E-state index is 12.0. The highest BCUT2D eigenvalue weighted by Gasteiger charge is 2.33. The van der Waals surface area contributed by atoms with Crippen molar-refractivity contribution in [2.45, 2.75) is 6.42 Å². The van der Waals surface area contributed by atoms with Gasteiger partial charge in [0.1, 0.15) is 0 Å². The fourth-order valence-corrected chi connectivity index (χ4v) is 3.27. The first kappa shape index (κ1) is 15.3. The minimum atomic E-state index is -3.65. The van der Waals surface area contributed by atoms with Crippen molar-refractivity contribution in [1.29, 1.82) is 0 Å². The number of carboxylic acid groups (broad SMARTS) is 1. The second-order valence-electron chi connectivity index (χ2n) is 4.98. The van der Waals surface area contributed by atoms with E-state index in [1.807, 2.05) is 0 Å². The number of nitrogens with two attached hydrogens (primary N) is 2. The van der Waals surface area contributed by atoms with E-state index in [1.54, 1.807) is 0 Å². The number of benzene rings is 1. The molecule has 0 bridgehead atoms. The molecule has 0 saturated carbocycles. The number of carboxylic acids is 1. The number of carbonyl (C=O) groups is 2. The first-order chi connectivity index (χ1) is 9.67. The van der Waals surface area contributed by atoms with Gasteiger partial charge in [0, 0.05) is 18.9 Å². The predicted molar refractivity (Wildman–Crippen MR) is 76.2 cm³/mol. The lowest BCUT2D eigenvalue weighted by atomic mass is 10.1. The molecule has 1 unspecified atom stereocenters. The molecular weight excluding hydrogens is 298 g/mol. The smallest absolute Gasteiger partial charge is 0.335 e. The number of aromatic carboxylic acids is 1. The van der Waals surface area contributed by atoms with Crippen molar-refractivity contribution in [1.82, 2.24) is 0 Å². The summed E-state index contributed by atoms with van der Waals surface area (Å²) in [5, 5.41) is 13.9. The minimum Gasteiger partial charge on any atom is -0.478 e. The van der Waals surface area contributed by atoms with Crippen LogP contribution in [0.3, 0.4) is 0 Å². The topological polar surface area (TPSA) is 144 Å². The van der Waals surface area contributed by atoms with E-state index < -0.39 is 21.9 Å². The lowest BCUT2D eigenvalue weighted by molar-refractivity contribution is -0.117. The Labute approximate surface area is 121 Å². The third-order valence-electron chi connectivity index (χ3n) is 3.24. The van der Waals surface area contributed by atoms with E-state index in [0.29, 0.717) is 5.69 Å². The van der Waals surface area contributed by atoms with Crippen LogP contribution in [0, 0.1) is 5.92 Å². The van der Waals surface area contributed by atoms with Crippen molar-refractivity contribution in [3.8, 4) is 0 Å². The Morgan fingerprint density at radius 2 is 2.10 bits per heavy atom. The average Bonchev–Trinajstić information content (AvgIpc) is 2.67. The molecule has 1 aliphatic heterocycles. The van der Waals surface area contributed by atoms with Crippen LogP contribution < -0.4 is 15.8 Å². The van der Waals surface area contributed by atoms with Gasteiger partial charge in [0.2, 0.25) is 15.9 Å². The predicted octanol–water partition coefficient (Wildman–Crippen LogP) is -0.392. The number of anilines is 2. The molecule has 1 aliphatic rings. The van der Waals surface area contributed by atoms with Crippen LogP contribution in [0.5, 0.6) is 0 Å². The third kappa shape index (κ3) is 3.50. The van der Waals surface area contributed by atoms with E-state index in [-0.39, 0.29) is 35.9 Å². The summed E-state index contributed by atoms with van der Waals surface area (Å²) in [5.74, 6) is -2.06. The molecule has 1 saturated heterocycles. The van der Waals surface area contributed by atoms with Crippen molar-refractivity contribution in [2.24, 2.45) is 11.1 Å². The van der Waals surface area contributed by atoms with Gasteiger partial charge in [-0.3, -0.25) is 4.79 Å². The van der Waals surface area contributed by atoms with Crippen molar-refractivity contribution in [3.05, 3.63) is 23.8 Å². The number of nitrogen functional groups attached to an aromatic ring is 1. The molecule has 21 heavy (non-hydrogen) atoms. The molecule has 1 amide bonds. The Kier molecular flexibility index (Phi) is 3.88. The van der Waals surface area contributed by atoms with Gasteiger partial charge in [0.25, 0.3) is 0 Å². The van der Waals surface area contributed by atoms with Gasteiger partial charge in [-0.15, -0.1) is 0 Å². The van der Waals surface area contributed by atoms with Crippen molar-refractivity contribution in [3.63, 3.8) is 0 Å². The molecule has 114 valence electrons. The minimum absolute atomic E-state index is 0.0176. The summed E-state index contributed by atoms with van der Waals surface area (Å²) in [4.78, 5) is 24.2. The van der Waals surface area contributed by atoms with Crippen LogP contribution in [0.1, 0.15) is 16.8 Å². The van der Waals surface area contributed by atoms with Gasteiger partial charge in [0.15, 0.2) is 0 Å². The Morgan fingerprint density at radius 1 is 1.43 bits per heavy atom. The highest BCUT2D eigenvalue weighted by atomic mass is 32.2. The highest BCUT2D eigenvalue weighted by Crippen LogP contribution is 2.30. The van der Waals surface area contributed by atoms with Gasteiger partial charge in [-0.05, 0) is 18.2 Å². The SMILES string of the molecule is Nc1cc(C(=O)O)ccc1N1CC(CS(N)(=O)=O)CC1=O. The lowest BCUT2D eigenvalue weighted by Gasteiger charge is -2.19. The summed E-state index contributed by atoms with van der Waals surface area (Å²) < 4.78 is 22.2. The normalized spacial score (nSPS) is 19.0. The molecule has 5 N–H and O–H groups in total. The zero-order chi connectivity index (χ0) is 15.8. The number of primary sulfonamides is 1. The molecule has 0 aliphatic carbocycles. The summed E-state index contributed by atoms with van der Waals surface area (Å²) >= 11 is 0. The van der Waals surface area contributed by atoms with Crippen LogP contribution in [0.2, 0.25) is 0 Å². The molecule has 1 fully saturated rings. The molecule has 0 spiro atoms. The number of rotatable bonds is 4. The summed E-state index contributed by atoms with van der Waals surface area (Å²) in [6, 6.07) is 4.04. The van der Waals surface area contributed by atoms with Crippen molar-refractivity contribution < 1.29 is 23.1 Å². The van der Waals surface area contributed by atoms with E-state index >= 15 is 0 Å². The van der Waals surface area contributed by atoms with Crippen molar-refractivity contribution in [2.75, 3.05) is 22.9 Å². The Bertz CT molecular complexity index is 701. The molecule has 1 aromatic rings. The van der Waals surface area contributed by atoms with Gasteiger partial charge in [-0.1, -0.05) is 0 Å². The van der Waals surface area contributed by atoms with E-state index in [9.17, 15) is 18.0 Å². The first-order valence-corrected chi connectivity index (χ1v) is 7.82. The second-order valence-corrected chi connectivity index (χ2v) is 6.64. The van der Waals surface area contributed by atoms with Gasteiger partial charge >= 0.3 is 5.97 Å². The summed E-state index contributed by atoms with van der Waals surface area (Å²) in [5.41, 5.74) is 6.32. The van der Waals surface area contributed by atoms with E-state index in [1.165, 1.54) is 23.1 Å². The number of amides is 1. The monoisotopic (exact) mass is 313 g/mol. The lowest BCUT2D eigenvalue weighted by Crippen LogP contribution is -2.28. The zero-order valence-corrected chi connectivity index (χ0v) is 11.8. The molecule has 2 rings (SSSR count). The van der Waals surface area contributed by atoms with Crippen molar-refractivity contribution >= 4 is 33.3 Å². The molecule has 0 radical (unpaired) electrons. The fourth-order valence-electron chi connectivity index (χ4n) is 2.39. The van der Waals surface area contributed by atoms with Gasteiger partial charge in [-0.2, -0.15) is 0 Å². The molecule has 0 aromatic heterocycles. The molecule has 9 heteroatoms. The van der Waals surface area contributed by atoms with Crippen LogP contribution in [-0.4, -0.2) is 37.7 Å². The molecule has 8 nitrogen and oxygen atoms in total. The third-order valence-corrected chi connectivity index (χ3v) is 4.17. The Balaban J connectivity index is 2.23. The van der Waals surface area contributed by atoms with Crippen LogP contribution in [0.25, 0.3) is 0 Å². The van der Waals surface area contributed by atoms with Crippen LogP contribution in [0.15, 0.2) is 18.2 Å². The Morgan fingerprint density at radius 3 is 2.62 bits per heavy atom. The van der Waals surface area contributed by atoms with Gasteiger partial charge in [-0.25, -0.2) is 18.4 Å². The number of hydrogen-bond acceptors (Lipinski definition) is 5. The molecule has 1 aromatic carbocycles. The standard InChI is InChI=1S/C12H15N3O5S/c13-9-4-8(12(17)18)1-2-10(9)15-5-7(3-11(15)16)6-21(14,19)20/h1-2,4,7H,3,5-6,13H2,(H,17,18)(H2,14,19,20). The van der Waals surface area contributed by atoms with E-state index in [4.69, 9.17) is 16.0 Å². The highest BCUT2D eigenvalue weighted by molar-refractivity contribution is 7.89. The first-order valence-electron chi connectivity index (χ1n) is 6.11. The number of hydrogen-bond donors (Lipinski definition) is 3. The quantitative estimate of drug-likeness (QED) is 0.646. The number of sulfonamides is 1. The van der Waals surface area contributed by atoms with Gasteiger partial charge in [0.05, 0.1) is 22.7 Å². The van der Waals surface area contributed by atoms with E-state index in [0.717, 1.165) is 0 Å². The summed E-state index contributed by atoms with van der Waals surface area (Å²) in [6.07, 6.45) is 0.0660. The van der Waals surface area contributed by atoms with Crippen LogP contribution in [0.4, 0.5) is 11.4 Å². The molecule has 1 atom stereocenters. The summed E-state index contributed by atoms with van der Waals surface area (Å²) in [7, 11) is -3.65. The van der Waals surface area contributed by atoms with E-state index in [2.05, 4.69) is 0 Å². The maximum Gasteiger partial charge on any atom is 0.335 e. The average molecular weight is 313 g/mol. The van der Waals surface area contributed by atoms with Crippen LogP contribution >= 0.6 is 0 Å². The second kappa shape index (κ2) is 5.34. The molecule has 1 heterocycles. The summed E-state index contributed by atoms with van der Waals surface area (Å²) in [6.45, 7) is 0.186. The number of nitrogens with zero attached hydrogens (tertiary/aromatic N) is 1. The maximum absolute atomic E-state index is 12.0. The Hall–Kier alpha value is -2.13. The molecular formula is C12H15N3O5S. The fraction of sp³-hybridized carbons (Fsp3) is 0.333. The zero-order valence-electron chi connectivity index (χ0n) is 11.0. The van der Waals surface area contributed by atoms with Crippen LogP contribution in [-0.2, 0) is 14.8 Å². The largest absolute Gasteiger partial charge is 0.478 e.